The van der Waals surface area contributed by atoms with Crippen LogP contribution in [-0.2, 0) is 20.6 Å². The van der Waals surface area contributed by atoms with E-state index in [1.54, 1.807) is 17.9 Å². The predicted molar refractivity (Wildman–Crippen MR) is 83.1 cm³/mol. The van der Waals surface area contributed by atoms with Crippen molar-refractivity contribution in [2.45, 2.75) is 26.4 Å². The molecule has 8 nitrogen and oxygen atoms in total. The summed E-state index contributed by atoms with van der Waals surface area (Å²) in [5.41, 5.74) is 0.138. The quantitative estimate of drug-likeness (QED) is 0.548. The van der Waals surface area contributed by atoms with E-state index in [2.05, 4.69) is 18.8 Å². The molecule has 9 heteroatoms. The number of aliphatic hydroxyl groups excluding tert-OH is 1. The lowest BCUT2D eigenvalue weighted by Crippen LogP contribution is -3.15. The minimum absolute atomic E-state index is 0. The molecule has 0 bridgehead atoms. The normalized spacial score (nSPS) is 12.6. The van der Waals surface area contributed by atoms with E-state index in [1.807, 2.05) is 0 Å². The summed E-state index contributed by atoms with van der Waals surface area (Å²) in [6, 6.07) is 0.383. The maximum atomic E-state index is 12.3. The highest BCUT2D eigenvalue weighted by Gasteiger charge is 2.17. The largest absolute Gasteiger partial charge is 1.00 e. The SMILES string of the molecule is CC(C)[NH+](CCO)CCn1cnc2c1c(=O)n(C)c(=O)n2C.[Cl-]. The van der Waals surface area contributed by atoms with Gasteiger partial charge in [0.2, 0.25) is 0 Å². The van der Waals surface area contributed by atoms with Crippen LogP contribution in [0.25, 0.3) is 11.2 Å². The Morgan fingerprint density at radius 3 is 2.43 bits per heavy atom. The molecule has 0 saturated heterocycles. The van der Waals surface area contributed by atoms with Crippen LogP contribution in [0.5, 0.6) is 0 Å². The number of aryl methyl sites for hydroxylation is 1. The Hall–Kier alpha value is -1.64. The van der Waals surface area contributed by atoms with Crippen molar-refractivity contribution in [3.63, 3.8) is 0 Å². The summed E-state index contributed by atoms with van der Waals surface area (Å²) in [6.07, 6.45) is 1.60. The molecular formula is C14H24ClN5O3. The van der Waals surface area contributed by atoms with E-state index in [-0.39, 0.29) is 30.3 Å². The number of nitrogens with zero attached hydrogens (tertiary/aromatic N) is 4. The Morgan fingerprint density at radius 1 is 1.22 bits per heavy atom. The van der Waals surface area contributed by atoms with Crippen molar-refractivity contribution in [3.8, 4) is 0 Å². The van der Waals surface area contributed by atoms with Crippen molar-refractivity contribution in [1.82, 2.24) is 18.7 Å². The van der Waals surface area contributed by atoms with E-state index >= 15 is 0 Å². The highest BCUT2D eigenvalue weighted by atomic mass is 35.5. The molecule has 2 aromatic heterocycles. The second-order valence-electron chi connectivity index (χ2n) is 5.85. The summed E-state index contributed by atoms with van der Waals surface area (Å²) in [7, 11) is 3.08. The van der Waals surface area contributed by atoms with Gasteiger partial charge in [0.25, 0.3) is 5.56 Å². The van der Waals surface area contributed by atoms with E-state index in [0.29, 0.717) is 30.3 Å². The Morgan fingerprint density at radius 2 is 1.87 bits per heavy atom. The number of aliphatic hydroxyl groups is 1. The molecule has 2 aromatic rings. The minimum Gasteiger partial charge on any atom is -1.00 e. The first-order valence-electron chi connectivity index (χ1n) is 7.44. The molecule has 0 fully saturated rings. The molecule has 2 rings (SSSR count). The maximum absolute atomic E-state index is 12.3. The van der Waals surface area contributed by atoms with Gasteiger partial charge in [0, 0.05) is 14.1 Å². The number of quaternary nitrogens is 1. The standard InChI is InChI=1S/C14H23N5O3.ClH/c1-10(2)18(7-8-20)5-6-19-9-15-12-11(19)13(21)17(4)14(22)16(12)3;/h9-10,20H,5-8H2,1-4H3;1H. The van der Waals surface area contributed by atoms with Gasteiger partial charge in [-0.05, 0) is 13.8 Å². The Kier molecular flexibility index (Phi) is 6.55. The van der Waals surface area contributed by atoms with Gasteiger partial charge in [0.15, 0.2) is 11.2 Å². The smallest absolute Gasteiger partial charge is 0.332 e. The van der Waals surface area contributed by atoms with E-state index in [1.165, 1.54) is 16.5 Å². The average molecular weight is 346 g/mol. The molecule has 1 atom stereocenters. The summed E-state index contributed by atoms with van der Waals surface area (Å²) < 4.78 is 4.27. The molecule has 2 N–H and O–H groups in total. The number of halogens is 1. The first-order chi connectivity index (χ1) is 10.4. The van der Waals surface area contributed by atoms with Crippen LogP contribution in [0.1, 0.15) is 13.8 Å². The fourth-order valence-corrected chi connectivity index (χ4v) is 2.68. The average Bonchev–Trinajstić information content (AvgIpc) is 2.91. The molecule has 0 amide bonds. The number of hydrogen-bond donors (Lipinski definition) is 2. The van der Waals surface area contributed by atoms with Gasteiger partial charge in [-0.3, -0.25) is 13.9 Å². The third-order valence-electron chi connectivity index (χ3n) is 4.14. The van der Waals surface area contributed by atoms with Gasteiger partial charge >= 0.3 is 5.69 Å². The van der Waals surface area contributed by atoms with Crippen LogP contribution in [0.15, 0.2) is 15.9 Å². The first-order valence-corrected chi connectivity index (χ1v) is 7.44. The molecule has 0 spiro atoms. The molecule has 1 unspecified atom stereocenters. The molecule has 2 heterocycles. The number of fused-ring (bicyclic) bond motifs is 1. The fraction of sp³-hybridized carbons (Fsp3) is 0.643. The lowest BCUT2D eigenvalue weighted by Gasteiger charge is -2.22. The van der Waals surface area contributed by atoms with E-state index in [0.717, 1.165) is 11.1 Å². The Labute approximate surface area is 140 Å². The Bertz CT molecular complexity index is 777. The maximum Gasteiger partial charge on any atom is 0.332 e. The van der Waals surface area contributed by atoms with Crippen LogP contribution >= 0.6 is 0 Å². The second kappa shape index (κ2) is 7.76. The lowest BCUT2D eigenvalue weighted by molar-refractivity contribution is -0.922. The monoisotopic (exact) mass is 345 g/mol. The molecule has 0 saturated carbocycles. The van der Waals surface area contributed by atoms with Crippen molar-refractivity contribution in [2.24, 2.45) is 14.1 Å². The summed E-state index contributed by atoms with van der Waals surface area (Å²) in [5.74, 6) is 0. The van der Waals surface area contributed by atoms with Crippen LogP contribution in [0.3, 0.4) is 0 Å². The van der Waals surface area contributed by atoms with Crippen LogP contribution in [-0.4, -0.2) is 49.5 Å². The summed E-state index contributed by atoms with van der Waals surface area (Å²) >= 11 is 0. The van der Waals surface area contributed by atoms with E-state index in [4.69, 9.17) is 5.11 Å². The number of hydrogen-bond acceptors (Lipinski definition) is 4. The zero-order valence-electron chi connectivity index (χ0n) is 13.9. The molecule has 0 aliphatic heterocycles. The van der Waals surface area contributed by atoms with E-state index < -0.39 is 0 Å². The van der Waals surface area contributed by atoms with Crippen molar-refractivity contribution >= 4 is 11.2 Å². The van der Waals surface area contributed by atoms with Crippen molar-refractivity contribution in [1.29, 1.82) is 0 Å². The van der Waals surface area contributed by atoms with Crippen molar-refractivity contribution in [2.75, 3.05) is 19.7 Å². The van der Waals surface area contributed by atoms with Gasteiger partial charge in [-0.2, -0.15) is 0 Å². The highest BCUT2D eigenvalue weighted by molar-refractivity contribution is 5.69. The zero-order chi connectivity index (χ0) is 16.4. The molecule has 130 valence electrons. The van der Waals surface area contributed by atoms with Gasteiger partial charge in [0.05, 0.1) is 32.1 Å². The number of nitrogens with one attached hydrogen (secondary N) is 1. The topological polar surface area (TPSA) is 86.5 Å². The summed E-state index contributed by atoms with van der Waals surface area (Å²) in [6.45, 7) is 6.38. The second-order valence-corrected chi connectivity index (χ2v) is 5.85. The molecule has 0 aliphatic carbocycles. The Balaban J connectivity index is 0.00000264. The van der Waals surface area contributed by atoms with Gasteiger partial charge in [-0.25, -0.2) is 9.78 Å². The fourth-order valence-electron chi connectivity index (χ4n) is 2.68. The van der Waals surface area contributed by atoms with Gasteiger partial charge in [-0.15, -0.1) is 0 Å². The third-order valence-corrected chi connectivity index (χ3v) is 4.14. The number of imidazole rings is 1. The molecule has 0 radical (unpaired) electrons. The van der Waals surface area contributed by atoms with Crippen LogP contribution in [0.4, 0.5) is 0 Å². The third kappa shape index (κ3) is 3.65. The van der Waals surface area contributed by atoms with Crippen LogP contribution < -0.4 is 28.6 Å². The molecule has 23 heavy (non-hydrogen) atoms. The number of rotatable bonds is 6. The zero-order valence-corrected chi connectivity index (χ0v) is 14.7. The molecular weight excluding hydrogens is 322 g/mol. The van der Waals surface area contributed by atoms with Crippen molar-refractivity contribution in [3.05, 3.63) is 27.2 Å². The highest BCUT2D eigenvalue weighted by Crippen LogP contribution is 2.04. The summed E-state index contributed by atoms with van der Waals surface area (Å²) in [4.78, 5) is 29.7. The molecule has 0 aromatic carbocycles. The number of aromatic nitrogens is 4. The van der Waals surface area contributed by atoms with Crippen molar-refractivity contribution < 1.29 is 22.4 Å². The van der Waals surface area contributed by atoms with Gasteiger partial charge < -0.3 is 27.0 Å². The van der Waals surface area contributed by atoms with Crippen LogP contribution in [0, 0.1) is 0 Å². The van der Waals surface area contributed by atoms with Gasteiger partial charge in [0.1, 0.15) is 6.54 Å². The lowest BCUT2D eigenvalue weighted by atomic mass is 10.3. The predicted octanol–water partition coefficient (Wildman–Crippen LogP) is -5.28. The van der Waals surface area contributed by atoms with Crippen LogP contribution in [0.2, 0.25) is 0 Å². The first kappa shape index (κ1) is 19.4. The summed E-state index contributed by atoms with van der Waals surface area (Å²) in [5, 5.41) is 9.13. The van der Waals surface area contributed by atoms with E-state index in [9.17, 15) is 9.59 Å². The molecule has 0 aliphatic rings. The van der Waals surface area contributed by atoms with Gasteiger partial charge in [-0.1, -0.05) is 0 Å². The minimum atomic E-state index is -0.377.